The molecular formula is C11H10BrF3O2. The van der Waals surface area contributed by atoms with E-state index in [-0.39, 0.29) is 6.42 Å². The van der Waals surface area contributed by atoms with Crippen LogP contribution in [0, 0.1) is 0 Å². The first-order valence-corrected chi connectivity index (χ1v) is 5.64. The zero-order chi connectivity index (χ0) is 13.1. The van der Waals surface area contributed by atoms with Crippen LogP contribution in [0.25, 0.3) is 0 Å². The highest BCUT2D eigenvalue weighted by atomic mass is 79.9. The third-order valence-corrected chi connectivity index (χ3v) is 2.85. The van der Waals surface area contributed by atoms with Crippen LogP contribution >= 0.6 is 15.9 Å². The van der Waals surface area contributed by atoms with Gasteiger partial charge >= 0.3 is 12.1 Å². The minimum atomic E-state index is -4.34. The van der Waals surface area contributed by atoms with Gasteiger partial charge in [-0.15, -0.1) is 0 Å². The normalized spacial score (nSPS) is 13.2. The second-order valence-corrected chi connectivity index (χ2v) is 4.49. The first-order chi connectivity index (χ1) is 7.84. The molecule has 0 N–H and O–H groups in total. The predicted molar refractivity (Wildman–Crippen MR) is 59.9 cm³/mol. The van der Waals surface area contributed by atoms with Gasteiger partial charge in [-0.05, 0) is 24.1 Å². The molecule has 0 radical (unpaired) electrons. The Morgan fingerprint density at radius 3 is 2.29 bits per heavy atom. The minimum absolute atomic E-state index is 0.283. The van der Waals surface area contributed by atoms with E-state index in [1.54, 1.807) is 0 Å². The average Bonchev–Trinajstić information content (AvgIpc) is 2.27. The number of hydrogen-bond acceptors (Lipinski definition) is 2. The molecule has 1 atom stereocenters. The summed E-state index contributed by atoms with van der Waals surface area (Å²) < 4.78 is 41.3. The zero-order valence-corrected chi connectivity index (χ0v) is 10.5. The van der Waals surface area contributed by atoms with Crippen LogP contribution in [0.3, 0.4) is 0 Å². The number of hydrogen-bond donors (Lipinski definition) is 0. The van der Waals surface area contributed by atoms with Crippen molar-refractivity contribution in [2.24, 2.45) is 0 Å². The molecule has 1 rings (SSSR count). The molecule has 0 aromatic heterocycles. The van der Waals surface area contributed by atoms with Crippen LogP contribution in [-0.4, -0.2) is 17.9 Å². The predicted octanol–water partition coefficient (Wildman–Crippen LogP) is 3.18. The van der Waals surface area contributed by atoms with E-state index in [1.807, 2.05) is 0 Å². The SMILES string of the molecule is COC(=O)C(Br)Cc1ccc(C(F)(F)F)cc1. The fourth-order valence-corrected chi connectivity index (χ4v) is 1.81. The molecule has 2 nitrogen and oxygen atoms in total. The highest BCUT2D eigenvalue weighted by Crippen LogP contribution is 2.29. The van der Waals surface area contributed by atoms with E-state index >= 15 is 0 Å². The van der Waals surface area contributed by atoms with Gasteiger partial charge in [-0.2, -0.15) is 13.2 Å². The van der Waals surface area contributed by atoms with Gasteiger partial charge in [0.2, 0.25) is 0 Å². The summed E-state index contributed by atoms with van der Waals surface area (Å²) in [5, 5.41) is 0. The number of carbonyl (C=O) groups excluding carboxylic acids is 1. The second kappa shape index (κ2) is 5.53. The number of rotatable bonds is 3. The number of methoxy groups -OCH3 is 1. The van der Waals surface area contributed by atoms with Gasteiger partial charge in [0.15, 0.2) is 0 Å². The summed E-state index contributed by atoms with van der Waals surface area (Å²) in [6, 6.07) is 4.68. The number of carbonyl (C=O) groups is 1. The quantitative estimate of drug-likeness (QED) is 0.633. The lowest BCUT2D eigenvalue weighted by Gasteiger charge is -2.09. The van der Waals surface area contributed by atoms with Crippen molar-refractivity contribution < 1.29 is 22.7 Å². The molecule has 6 heteroatoms. The first-order valence-electron chi connectivity index (χ1n) is 4.72. The Morgan fingerprint density at radius 2 is 1.88 bits per heavy atom. The summed E-state index contributed by atoms with van der Waals surface area (Å²) in [6.45, 7) is 0. The Bertz CT molecular complexity index is 387. The van der Waals surface area contributed by atoms with E-state index in [0.29, 0.717) is 5.56 Å². The summed E-state index contributed by atoms with van der Waals surface area (Å²) in [5.74, 6) is -0.454. The fraction of sp³-hybridized carbons (Fsp3) is 0.364. The van der Waals surface area contributed by atoms with Crippen LogP contribution in [0.4, 0.5) is 13.2 Å². The van der Waals surface area contributed by atoms with Crippen molar-refractivity contribution in [3.8, 4) is 0 Å². The van der Waals surface area contributed by atoms with Crippen LogP contribution in [0.1, 0.15) is 11.1 Å². The third-order valence-electron chi connectivity index (χ3n) is 2.15. The first kappa shape index (κ1) is 14.0. The van der Waals surface area contributed by atoms with Crippen molar-refractivity contribution in [2.45, 2.75) is 17.4 Å². The molecular weight excluding hydrogens is 301 g/mol. The molecule has 0 aliphatic rings. The monoisotopic (exact) mass is 310 g/mol. The highest BCUT2D eigenvalue weighted by molar-refractivity contribution is 9.10. The number of alkyl halides is 4. The molecule has 0 spiro atoms. The lowest BCUT2D eigenvalue weighted by atomic mass is 10.1. The second-order valence-electron chi connectivity index (χ2n) is 3.39. The van der Waals surface area contributed by atoms with Gasteiger partial charge in [0.1, 0.15) is 4.83 Å². The van der Waals surface area contributed by atoms with Crippen molar-refractivity contribution in [1.29, 1.82) is 0 Å². The molecule has 0 aliphatic heterocycles. The molecule has 0 fully saturated rings. The maximum atomic E-state index is 12.3. The lowest BCUT2D eigenvalue weighted by Crippen LogP contribution is -2.18. The van der Waals surface area contributed by atoms with Crippen LogP contribution in [0.15, 0.2) is 24.3 Å². The van der Waals surface area contributed by atoms with E-state index in [0.717, 1.165) is 12.1 Å². The number of esters is 1. The summed E-state index contributed by atoms with van der Waals surface area (Å²) in [5.41, 5.74) is -0.0734. The Kier molecular flexibility index (Phi) is 4.56. The Balaban J connectivity index is 2.72. The largest absolute Gasteiger partial charge is 0.468 e. The number of ether oxygens (including phenoxy) is 1. The summed E-state index contributed by atoms with van der Waals surface area (Å²) >= 11 is 3.10. The molecule has 94 valence electrons. The lowest BCUT2D eigenvalue weighted by molar-refractivity contribution is -0.140. The van der Waals surface area contributed by atoms with Crippen molar-refractivity contribution in [3.63, 3.8) is 0 Å². The van der Waals surface area contributed by atoms with Gasteiger partial charge in [-0.3, -0.25) is 4.79 Å². The van der Waals surface area contributed by atoms with Crippen LogP contribution < -0.4 is 0 Å². The van der Waals surface area contributed by atoms with Gasteiger partial charge in [0.05, 0.1) is 12.7 Å². The van der Waals surface area contributed by atoms with Crippen molar-refractivity contribution in [3.05, 3.63) is 35.4 Å². The standard InChI is InChI=1S/C11H10BrF3O2/c1-17-10(16)9(12)6-7-2-4-8(5-3-7)11(13,14)15/h2-5,9H,6H2,1H3. The molecule has 0 heterocycles. The molecule has 1 aromatic carbocycles. The molecule has 0 saturated carbocycles. The topological polar surface area (TPSA) is 26.3 Å². The van der Waals surface area contributed by atoms with E-state index < -0.39 is 22.5 Å². The maximum Gasteiger partial charge on any atom is 0.416 e. The smallest absolute Gasteiger partial charge is 0.416 e. The zero-order valence-electron chi connectivity index (χ0n) is 8.92. The van der Waals surface area contributed by atoms with E-state index in [9.17, 15) is 18.0 Å². The van der Waals surface area contributed by atoms with Crippen molar-refractivity contribution >= 4 is 21.9 Å². The Morgan fingerprint density at radius 1 is 1.35 bits per heavy atom. The molecule has 17 heavy (non-hydrogen) atoms. The molecule has 1 unspecified atom stereocenters. The summed E-state index contributed by atoms with van der Waals surface area (Å²) in [4.78, 5) is 10.5. The van der Waals surface area contributed by atoms with E-state index in [2.05, 4.69) is 20.7 Å². The Labute approximate surface area is 105 Å². The molecule has 1 aromatic rings. The third kappa shape index (κ3) is 4.03. The highest BCUT2D eigenvalue weighted by Gasteiger charge is 2.30. The maximum absolute atomic E-state index is 12.3. The number of benzene rings is 1. The average molecular weight is 311 g/mol. The van der Waals surface area contributed by atoms with Gasteiger partial charge in [-0.1, -0.05) is 28.1 Å². The summed E-state index contributed by atoms with van der Waals surface area (Å²) in [6.07, 6.45) is -4.06. The van der Waals surface area contributed by atoms with Gasteiger partial charge in [-0.25, -0.2) is 0 Å². The fourth-order valence-electron chi connectivity index (χ4n) is 1.25. The van der Waals surface area contributed by atoms with E-state index in [1.165, 1.54) is 19.2 Å². The minimum Gasteiger partial charge on any atom is -0.468 e. The van der Waals surface area contributed by atoms with E-state index in [4.69, 9.17) is 0 Å². The molecule has 0 amide bonds. The van der Waals surface area contributed by atoms with Crippen molar-refractivity contribution in [1.82, 2.24) is 0 Å². The summed E-state index contributed by atoms with van der Waals surface area (Å²) in [7, 11) is 1.25. The molecule has 0 aliphatic carbocycles. The van der Waals surface area contributed by atoms with Crippen LogP contribution in [0.2, 0.25) is 0 Å². The van der Waals surface area contributed by atoms with Crippen LogP contribution in [0.5, 0.6) is 0 Å². The Hall–Kier alpha value is -1.04. The molecule has 0 saturated heterocycles. The van der Waals surface area contributed by atoms with Gasteiger partial charge in [0.25, 0.3) is 0 Å². The molecule has 0 bridgehead atoms. The van der Waals surface area contributed by atoms with Crippen LogP contribution in [-0.2, 0) is 22.1 Å². The van der Waals surface area contributed by atoms with Gasteiger partial charge in [0, 0.05) is 0 Å². The van der Waals surface area contributed by atoms with Crippen molar-refractivity contribution in [2.75, 3.05) is 7.11 Å². The van der Waals surface area contributed by atoms with Gasteiger partial charge < -0.3 is 4.74 Å². The number of halogens is 4.